The molecule has 5 atom stereocenters. The maximum Gasteiger partial charge on any atom is -0.000209 e. The Kier molecular flexibility index (Phi) is 4.24. The van der Waals surface area contributed by atoms with E-state index in [2.05, 4.69) is 43.4 Å². The molecule has 16 heavy (non-hydrogen) atoms. The number of fused-ring (bicyclic) bond motifs is 1. The van der Waals surface area contributed by atoms with E-state index in [-0.39, 0.29) is 0 Å². The van der Waals surface area contributed by atoms with Crippen molar-refractivity contribution in [1.29, 1.82) is 0 Å². The van der Waals surface area contributed by atoms with E-state index in [0.717, 1.165) is 23.7 Å². The Morgan fingerprint density at radius 2 is 2.06 bits per heavy atom. The fourth-order valence-corrected chi connectivity index (χ4v) is 5.90. The van der Waals surface area contributed by atoms with E-state index in [1.165, 1.54) is 43.0 Å². The number of halogens is 1. The van der Waals surface area contributed by atoms with Gasteiger partial charge in [-0.25, -0.2) is 0 Å². The van der Waals surface area contributed by atoms with Gasteiger partial charge in [-0.1, -0.05) is 56.2 Å². The zero-order valence-electron chi connectivity index (χ0n) is 11.1. The van der Waals surface area contributed by atoms with Crippen LogP contribution in [0.4, 0.5) is 0 Å². The monoisotopic (exact) mass is 334 g/mol. The second-order valence-corrected chi connectivity index (χ2v) is 7.70. The van der Waals surface area contributed by atoms with Crippen molar-refractivity contribution in [1.82, 2.24) is 0 Å². The van der Waals surface area contributed by atoms with Gasteiger partial charge in [-0.2, -0.15) is 0 Å². The molecular formula is C15H27I. The molecule has 0 spiro atoms. The molecule has 94 valence electrons. The number of hydrogen-bond donors (Lipinski definition) is 0. The number of hydrogen-bond acceptors (Lipinski definition) is 0. The summed E-state index contributed by atoms with van der Waals surface area (Å²) in [6.07, 6.45) is 8.96. The van der Waals surface area contributed by atoms with Crippen LogP contribution >= 0.6 is 22.6 Å². The lowest BCUT2D eigenvalue weighted by Crippen LogP contribution is -2.38. The fourth-order valence-electron chi connectivity index (χ4n) is 4.91. The number of rotatable bonds is 3. The summed E-state index contributed by atoms with van der Waals surface area (Å²) in [5.74, 6) is 4.02. The first-order valence-electron chi connectivity index (χ1n) is 7.15. The van der Waals surface area contributed by atoms with E-state index in [1.54, 1.807) is 0 Å². The SMILES string of the molecule is C[C@H](CCI)[C@H]1CC[C@H]2[C@H](C)CCC[C@]12C. The third kappa shape index (κ3) is 2.18. The summed E-state index contributed by atoms with van der Waals surface area (Å²) < 4.78 is 1.34. The number of alkyl halides is 1. The van der Waals surface area contributed by atoms with E-state index in [1.807, 2.05) is 0 Å². The van der Waals surface area contributed by atoms with Gasteiger partial charge in [-0.3, -0.25) is 0 Å². The second kappa shape index (κ2) is 5.16. The third-order valence-electron chi connectivity index (χ3n) is 5.80. The van der Waals surface area contributed by atoms with Crippen molar-refractivity contribution in [2.45, 2.75) is 59.3 Å². The van der Waals surface area contributed by atoms with Gasteiger partial charge in [0.25, 0.3) is 0 Å². The second-order valence-electron chi connectivity index (χ2n) is 6.62. The molecule has 0 radical (unpaired) electrons. The Labute approximate surface area is 115 Å². The average Bonchev–Trinajstić information content (AvgIpc) is 2.57. The smallest absolute Gasteiger partial charge is 0.000209 e. The van der Waals surface area contributed by atoms with E-state index in [0.29, 0.717) is 5.41 Å². The van der Waals surface area contributed by atoms with E-state index < -0.39 is 0 Å². The van der Waals surface area contributed by atoms with E-state index >= 15 is 0 Å². The Balaban J connectivity index is 2.11. The lowest BCUT2D eigenvalue weighted by atomic mass is 9.59. The van der Waals surface area contributed by atoms with Crippen LogP contribution in [0.2, 0.25) is 0 Å². The normalized spacial score (nSPS) is 45.4. The maximum absolute atomic E-state index is 2.62. The molecule has 0 aromatic rings. The summed E-state index contributed by atoms with van der Waals surface area (Å²) in [5, 5.41) is 0. The topological polar surface area (TPSA) is 0 Å². The van der Waals surface area contributed by atoms with E-state index in [9.17, 15) is 0 Å². The first-order valence-corrected chi connectivity index (χ1v) is 8.68. The van der Waals surface area contributed by atoms with Crippen molar-refractivity contribution in [2.75, 3.05) is 4.43 Å². The van der Waals surface area contributed by atoms with Crippen LogP contribution in [0, 0.1) is 29.1 Å². The van der Waals surface area contributed by atoms with Crippen LogP contribution in [0.5, 0.6) is 0 Å². The molecule has 0 bridgehead atoms. The summed E-state index contributed by atoms with van der Waals surface area (Å²) in [5.41, 5.74) is 0.697. The molecule has 0 heterocycles. The minimum absolute atomic E-state index is 0.697. The molecule has 2 rings (SSSR count). The first kappa shape index (κ1) is 13.2. The molecule has 0 N–H and O–H groups in total. The third-order valence-corrected chi connectivity index (χ3v) is 6.42. The van der Waals surface area contributed by atoms with Gasteiger partial charge in [0.05, 0.1) is 0 Å². The van der Waals surface area contributed by atoms with Crippen LogP contribution in [-0.2, 0) is 0 Å². The van der Waals surface area contributed by atoms with Crippen molar-refractivity contribution in [3.63, 3.8) is 0 Å². The molecule has 2 aliphatic carbocycles. The molecular weight excluding hydrogens is 307 g/mol. The summed E-state index contributed by atoms with van der Waals surface area (Å²) >= 11 is 2.55. The average molecular weight is 334 g/mol. The summed E-state index contributed by atoms with van der Waals surface area (Å²) in [6.45, 7) is 7.64. The van der Waals surface area contributed by atoms with Gasteiger partial charge in [0, 0.05) is 0 Å². The summed E-state index contributed by atoms with van der Waals surface area (Å²) in [7, 11) is 0. The molecule has 0 aromatic heterocycles. The molecule has 0 unspecified atom stereocenters. The quantitative estimate of drug-likeness (QED) is 0.485. The highest BCUT2D eigenvalue weighted by atomic mass is 127. The Morgan fingerprint density at radius 3 is 2.75 bits per heavy atom. The lowest BCUT2D eigenvalue weighted by Gasteiger charge is -2.46. The molecule has 2 fully saturated rings. The lowest BCUT2D eigenvalue weighted by molar-refractivity contribution is 0.0365. The van der Waals surface area contributed by atoms with Crippen molar-refractivity contribution < 1.29 is 0 Å². The molecule has 0 aromatic carbocycles. The highest BCUT2D eigenvalue weighted by molar-refractivity contribution is 14.1. The minimum Gasteiger partial charge on any atom is -0.0864 e. The molecule has 2 saturated carbocycles. The van der Waals surface area contributed by atoms with Crippen LogP contribution in [0.1, 0.15) is 59.3 Å². The predicted octanol–water partition coefficient (Wildman–Crippen LogP) is 5.30. The standard InChI is InChI=1S/C15H27I/c1-11-5-4-9-15(3)13(11)6-7-14(15)12(2)8-10-16/h11-14H,4-10H2,1-3H3/t11-,12-,13+,14-,15+/m1/s1. The van der Waals surface area contributed by atoms with Gasteiger partial charge in [0.1, 0.15) is 0 Å². The van der Waals surface area contributed by atoms with Crippen LogP contribution in [0.25, 0.3) is 0 Å². The van der Waals surface area contributed by atoms with Crippen molar-refractivity contribution >= 4 is 22.6 Å². The zero-order valence-corrected chi connectivity index (χ0v) is 13.3. The highest BCUT2D eigenvalue weighted by Crippen LogP contribution is 2.59. The van der Waals surface area contributed by atoms with Crippen molar-refractivity contribution in [3.8, 4) is 0 Å². The van der Waals surface area contributed by atoms with Crippen molar-refractivity contribution in [2.24, 2.45) is 29.1 Å². The van der Waals surface area contributed by atoms with Gasteiger partial charge in [0.2, 0.25) is 0 Å². The summed E-state index contributed by atoms with van der Waals surface area (Å²) in [4.78, 5) is 0. The molecule has 0 amide bonds. The molecule has 1 heteroatoms. The minimum atomic E-state index is 0.697. The molecule has 2 aliphatic rings. The van der Waals surface area contributed by atoms with Gasteiger partial charge in [-0.15, -0.1) is 0 Å². The largest absolute Gasteiger partial charge is 0.0864 e. The van der Waals surface area contributed by atoms with Crippen LogP contribution in [0.15, 0.2) is 0 Å². The zero-order chi connectivity index (χ0) is 11.8. The van der Waals surface area contributed by atoms with Gasteiger partial charge < -0.3 is 0 Å². The molecule has 0 nitrogen and oxygen atoms in total. The van der Waals surface area contributed by atoms with Crippen molar-refractivity contribution in [3.05, 3.63) is 0 Å². The van der Waals surface area contributed by atoms with Crippen LogP contribution in [-0.4, -0.2) is 4.43 Å². The van der Waals surface area contributed by atoms with E-state index in [4.69, 9.17) is 0 Å². The Hall–Kier alpha value is 0.730. The highest BCUT2D eigenvalue weighted by Gasteiger charge is 2.50. The van der Waals surface area contributed by atoms with Crippen LogP contribution in [0.3, 0.4) is 0 Å². The van der Waals surface area contributed by atoms with Gasteiger partial charge in [-0.05, 0) is 59.2 Å². The summed E-state index contributed by atoms with van der Waals surface area (Å²) in [6, 6.07) is 0. The predicted molar refractivity (Wildman–Crippen MR) is 80.0 cm³/mol. The van der Waals surface area contributed by atoms with Gasteiger partial charge >= 0.3 is 0 Å². The molecule has 0 aliphatic heterocycles. The first-order chi connectivity index (χ1) is 7.59. The Bertz CT molecular complexity index is 238. The van der Waals surface area contributed by atoms with Crippen LogP contribution < -0.4 is 0 Å². The Morgan fingerprint density at radius 1 is 1.31 bits per heavy atom. The fraction of sp³-hybridized carbons (Fsp3) is 1.00. The van der Waals surface area contributed by atoms with Gasteiger partial charge in [0.15, 0.2) is 0 Å². The maximum atomic E-state index is 2.62. The molecule has 0 saturated heterocycles.